The first-order valence-corrected chi connectivity index (χ1v) is 13.8. The minimum Gasteiger partial charge on any atom is -0.347 e. The van der Waals surface area contributed by atoms with E-state index in [2.05, 4.69) is 21.3 Å². The molecule has 0 unspecified atom stereocenters. The maximum atomic E-state index is 13.4. The Morgan fingerprint density at radius 3 is 1.48 bits per heavy atom. The molecule has 0 saturated heterocycles. The molecule has 0 saturated carbocycles. The highest BCUT2D eigenvalue weighted by Crippen LogP contribution is 2.41. The zero-order chi connectivity index (χ0) is 28.1. The van der Waals surface area contributed by atoms with Gasteiger partial charge in [-0.15, -0.1) is 5.06 Å². The molecule has 2 amide bonds. The van der Waals surface area contributed by atoms with Crippen molar-refractivity contribution >= 4 is 44.8 Å². The molecule has 0 atom stereocenters. The molecule has 5 rings (SSSR count). The summed E-state index contributed by atoms with van der Waals surface area (Å²) in [5, 5.41) is 30.1. The highest BCUT2D eigenvalue weighted by atomic mass is 16.5. The molecule has 3 heterocycles. The number of para-hydroxylation sites is 2. The van der Waals surface area contributed by atoms with Crippen molar-refractivity contribution in [2.45, 2.75) is 64.5 Å². The Hall–Kier alpha value is -4.66. The fourth-order valence-electron chi connectivity index (χ4n) is 5.61. The number of carbonyl (C=O) groups excluding carboxylic acids is 2. The summed E-state index contributed by atoms with van der Waals surface area (Å²) in [5.41, 5.74) is 3.52. The van der Waals surface area contributed by atoms with Gasteiger partial charge in [0.1, 0.15) is 0 Å². The average molecular weight is 534 g/mol. The smallest absolute Gasteiger partial charge is 0.286 e. The van der Waals surface area contributed by atoms with Gasteiger partial charge in [0.15, 0.2) is 0 Å². The molecule has 8 heteroatoms. The summed E-state index contributed by atoms with van der Waals surface area (Å²) in [6, 6.07) is 19.9. The SMILES string of the molecule is N#CCCCCCn1cc(C2=C(c3cn(CCCCCC#N)c4ccccc34)C(=O)N(O)C2=O)c2ccccc21. The molecular weight excluding hydrogens is 502 g/mol. The zero-order valence-corrected chi connectivity index (χ0v) is 22.3. The summed E-state index contributed by atoms with van der Waals surface area (Å²) in [5.74, 6) is -1.46. The van der Waals surface area contributed by atoms with E-state index < -0.39 is 11.8 Å². The topological polar surface area (TPSA) is 115 Å². The fraction of sp³-hybridized carbons (Fsp3) is 0.312. The van der Waals surface area contributed by atoms with Crippen LogP contribution in [-0.4, -0.2) is 31.2 Å². The van der Waals surface area contributed by atoms with E-state index in [4.69, 9.17) is 10.5 Å². The minimum absolute atomic E-state index is 0.198. The molecule has 1 aliphatic heterocycles. The van der Waals surface area contributed by atoms with Gasteiger partial charge in [-0.05, 0) is 37.8 Å². The lowest BCUT2D eigenvalue weighted by Crippen LogP contribution is -2.27. The van der Waals surface area contributed by atoms with E-state index in [1.165, 1.54) is 0 Å². The predicted octanol–water partition coefficient (Wildman–Crippen LogP) is 6.43. The molecule has 202 valence electrons. The lowest BCUT2D eigenvalue weighted by atomic mass is 9.95. The molecule has 0 aliphatic carbocycles. The van der Waals surface area contributed by atoms with Gasteiger partial charge >= 0.3 is 0 Å². The first-order valence-electron chi connectivity index (χ1n) is 13.8. The second kappa shape index (κ2) is 12.0. The number of amides is 2. The molecule has 0 spiro atoms. The third kappa shape index (κ3) is 5.02. The van der Waals surface area contributed by atoms with E-state index in [9.17, 15) is 14.8 Å². The summed E-state index contributed by atoms with van der Waals surface area (Å²) in [6.45, 7) is 1.43. The number of imide groups is 1. The van der Waals surface area contributed by atoms with Crippen LogP contribution in [0.15, 0.2) is 60.9 Å². The lowest BCUT2D eigenvalue weighted by Gasteiger charge is -2.04. The second-order valence-corrected chi connectivity index (χ2v) is 10.1. The van der Waals surface area contributed by atoms with Crippen LogP contribution in [-0.2, 0) is 22.7 Å². The van der Waals surface area contributed by atoms with Crippen molar-refractivity contribution in [1.82, 2.24) is 14.2 Å². The number of hydrogen-bond acceptors (Lipinski definition) is 5. The van der Waals surface area contributed by atoms with Crippen LogP contribution in [0.3, 0.4) is 0 Å². The van der Waals surface area contributed by atoms with Crippen LogP contribution in [0.25, 0.3) is 33.0 Å². The molecule has 1 aliphatic rings. The van der Waals surface area contributed by atoms with Crippen molar-refractivity contribution in [3.05, 3.63) is 72.1 Å². The Labute approximate surface area is 232 Å². The number of carbonyl (C=O) groups is 2. The molecular formula is C32H31N5O3. The monoisotopic (exact) mass is 533 g/mol. The number of aryl methyl sites for hydroxylation is 2. The number of rotatable bonds is 12. The Morgan fingerprint density at radius 1 is 0.625 bits per heavy atom. The van der Waals surface area contributed by atoms with Gasteiger partial charge in [-0.25, -0.2) is 0 Å². The van der Waals surface area contributed by atoms with Crippen molar-refractivity contribution < 1.29 is 14.8 Å². The Bertz CT molecular complexity index is 1570. The quantitative estimate of drug-likeness (QED) is 0.128. The van der Waals surface area contributed by atoms with Crippen LogP contribution in [0, 0.1) is 22.7 Å². The van der Waals surface area contributed by atoms with Crippen molar-refractivity contribution in [2.24, 2.45) is 0 Å². The van der Waals surface area contributed by atoms with Crippen LogP contribution in [0.4, 0.5) is 0 Å². The fourth-order valence-corrected chi connectivity index (χ4v) is 5.61. The average Bonchev–Trinajstić information content (AvgIpc) is 3.59. The van der Waals surface area contributed by atoms with Gasteiger partial charge in [-0.3, -0.25) is 14.8 Å². The molecule has 2 aromatic heterocycles. The van der Waals surface area contributed by atoms with Crippen molar-refractivity contribution in [3.8, 4) is 12.1 Å². The van der Waals surface area contributed by atoms with Crippen LogP contribution in [0.5, 0.6) is 0 Å². The highest BCUT2D eigenvalue weighted by Gasteiger charge is 2.41. The number of benzene rings is 2. The Balaban J connectivity index is 1.60. The van der Waals surface area contributed by atoms with E-state index in [-0.39, 0.29) is 16.2 Å². The molecule has 1 N–H and O–H groups in total. The van der Waals surface area contributed by atoms with Gasteiger partial charge in [0.05, 0.1) is 23.3 Å². The first-order chi connectivity index (χ1) is 19.6. The molecule has 0 bridgehead atoms. The molecule has 8 nitrogen and oxygen atoms in total. The van der Waals surface area contributed by atoms with Crippen molar-refractivity contribution in [1.29, 1.82) is 10.5 Å². The van der Waals surface area contributed by atoms with Crippen LogP contribution >= 0.6 is 0 Å². The summed E-state index contributed by atoms with van der Waals surface area (Å²) in [6.07, 6.45) is 10.2. The van der Waals surface area contributed by atoms with Crippen LogP contribution in [0.2, 0.25) is 0 Å². The predicted molar refractivity (Wildman–Crippen MR) is 152 cm³/mol. The summed E-state index contributed by atoms with van der Waals surface area (Å²) >= 11 is 0. The molecule has 2 aromatic carbocycles. The van der Waals surface area contributed by atoms with Gasteiger partial charge in [0.25, 0.3) is 11.8 Å². The van der Waals surface area contributed by atoms with Gasteiger partial charge in [-0.1, -0.05) is 49.2 Å². The third-order valence-electron chi connectivity index (χ3n) is 7.55. The molecule has 4 aromatic rings. The standard InChI is InChI=1S/C32H31N5O3/c33-17-9-1-3-11-19-35-21-25(23-13-5-7-15-27(23)35)29-30(32(39)37(40)31(29)38)26-22-36(20-12-4-2-10-18-34)28-16-8-6-14-24(26)28/h5-8,13-16,21-22,40H,1-4,9-12,19-20H2. The second-order valence-electron chi connectivity index (χ2n) is 10.1. The van der Waals surface area contributed by atoms with E-state index in [0.717, 1.165) is 60.3 Å². The maximum absolute atomic E-state index is 13.4. The lowest BCUT2D eigenvalue weighted by molar-refractivity contribution is -0.168. The van der Waals surface area contributed by atoms with Crippen molar-refractivity contribution in [2.75, 3.05) is 0 Å². The van der Waals surface area contributed by atoms with Gasteiger partial charge in [-0.2, -0.15) is 10.5 Å². The Morgan fingerprint density at radius 2 is 1.05 bits per heavy atom. The summed E-state index contributed by atoms with van der Waals surface area (Å²) < 4.78 is 4.17. The van der Waals surface area contributed by atoms with E-state index >= 15 is 0 Å². The molecule has 0 radical (unpaired) electrons. The minimum atomic E-state index is -0.731. The normalized spacial score (nSPS) is 13.5. The molecule has 40 heavy (non-hydrogen) atoms. The number of hydroxylamine groups is 2. The summed E-state index contributed by atoms with van der Waals surface area (Å²) in [4.78, 5) is 26.8. The maximum Gasteiger partial charge on any atom is 0.286 e. The number of aromatic nitrogens is 2. The first kappa shape index (κ1) is 26.9. The number of hydrogen-bond donors (Lipinski definition) is 1. The number of unbranched alkanes of at least 4 members (excludes halogenated alkanes) is 6. The highest BCUT2D eigenvalue weighted by molar-refractivity contribution is 6.50. The van der Waals surface area contributed by atoms with Gasteiger partial charge in [0, 0.05) is 71.3 Å². The zero-order valence-electron chi connectivity index (χ0n) is 22.3. The number of nitriles is 2. The number of fused-ring (bicyclic) bond motifs is 2. The van der Waals surface area contributed by atoms with Crippen LogP contribution in [0.1, 0.15) is 62.5 Å². The number of nitrogens with zero attached hydrogens (tertiary/aromatic N) is 5. The van der Waals surface area contributed by atoms with E-state index in [0.29, 0.717) is 37.1 Å². The Kier molecular flexibility index (Phi) is 8.10. The summed E-state index contributed by atoms with van der Waals surface area (Å²) in [7, 11) is 0. The van der Waals surface area contributed by atoms with Crippen LogP contribution < -0.4 is 0 Å². The molecule has 0 fully saturated rings. The van der Waals surface area contributed by atoms with E-state index in [1.807, 2.05) is 60.9 Å². The van der Waals surface area contributed by atoms with Gasteiger partial charge in [0.2, 0.25) is 0 Å². The largest absolute Gasteiger partial charge is 0.347 e. The van der Waals surface area contributed by atoms with Gasteiger partial charge < -0.3 is 9.13 Å². The van der Waals surface area contributed by atoms with Crippen molar-refractivity contribution in [3.63, 3.8) is 0 Å². The van der Waals surface area contributed by atoms with E-state index in [1.54, 1.807) is 0 Å². The third-order valence-corrected chi connectivity index (χ3v) is 7.55.